The van der Waals surface area contributed by atoms with Gasteiger partial charge < -0.3 is 5.73 Å². The highest BCUT2D eigenvalue weighted by Gasteiger charge is 2.14. The van der Waals surface area contributed by atoms with Crippen molar-refractivity contribution in [3.63, 3.8) is 0 Å². The second kappa shape index (κ2) is 4.08. The van der Waals surface area contributed by atoms with Crippen molar-refractivity contribution in [1.29, 1.82) is 0 Å². The van der Waals surface area contributed by atoms with Crippen LogP contribution in [0.25, 0.3) is 0 Å². The second-order valence-electron chi connectivity index (χ2n) is 2.30. The Morgan fingerprint density at radius 2 is 1.92 bits per heavy atom. The van der Waals surface area contributed by atoms with Crippen LogP contribution in [0, 0.1) is 0 Å². The lowest BCUT2D eigenvalue weighted by atomic mass is 10.2. The molecule has 0 unspecified atom stereocenters. The molecule has 0 atom stereocenters. The van der Waals surface area contributed by atoms with Crippen LogP contribution < -0.4 is 11.0 Å². The minimum absolute atomic E-state index is 0.425. The number of hydrogen-bond donors (Lipinski definition) is 1. The molecular weight excluding hydrogens is 232 g/mol. The molecule has 2 N–H and O–H groups in total. The fourth-order valence-electron chi connectivity index (χ4n) is 0.937. The molecule has 5 heteroatoms. The molecule has 0 saturated carbocycles. The van der Waals surface area contributed by atoms with E-state index in [2.05, 4.69) is 0 Å². The van der Waals surface area contributed by atoms with E-state index in [4.69, 9.17) is 40.0 Å². The van der Waals surface area contributed by atoms with E-state index in [1.54, 1.807) is 0 Å². The molecule has 0 aliphatic rings. The van der Waals surface area contributed by atoms with Gasteiger partial charge in [-0.05, 0) is 5.56 Å². The van der Waals surface area contributed by atoms with E-state index in [0.29, 0.717) is 6.54 Å². The van der Waals surface area contributed by atoms with Crippen LogP contribution in [0.15, 0.2) is 24.3 Å². The van der Waals surface area contributed by atoms with E-state index in [9.17, 15) is 0 Å². The summed E-state index contributed by atoms with van der Waals surface area (Å²) in [6.45, 7) is 0.425. The molecule has 12 heavy (non-hydrogen) atoms. The number of halogens is 2. The Hall–Kier alpha value is 0.410. The Labute approximate surface area is 86.4 Å². The quantitative estimate of drug-likeness (QED) is 0.804. The van der Waals surface area contributed by atoms with Crippen molar-refractivity contribution in [3.8, 4) is 0 Å². The maximum atomic E-state index is 5.88. The van der Waals surface area contributed by atoms with Gasteiger partial charge >= 0.3 is 0 Å². The van der Waals surface area contributed by atoms with E-state index in [0.717, 1.165) is 10.9 Å². The first-order valence-corrected chi connectivity index (χ1v) is 7.95. The molecule has 1 aromatic carbocycles. The molecule has 0 radical (unpaired) electrons. The van der Waals surface area contributed by atoms with Crippen molar-refractivity contribution in [3.05, 3.63) is 29.8 Å². The highest BCUT2D eigenvalue weighted by Crippen LogP contribution is 2.56. The third-order valence-electron chi connectivity index (χ3n) is 1.49. The zero-order valence-electron chi connectivity index (χ0n) is 6.21. The van der Waals surface area contributed by atoms with Crippen molar-refractivity contribution in [2.75, 3.05) is 0 Å². The van der Waals surface area contributed by atoms with Crippen molar-refractivity contribution < 1.29 is 0 Å². The average molecular weight is 240 g/mol. The predicted molar refractivity (Wildman–Crippen MR) is 60.0 cm³/mol. The molecule has 0 fully saturated rings. The Kier molecular flexibility index (Phi) is 3.57. The number of nitrogens with two attached hydrogens (primary N) is 1. The maximum absolute atomic E-state index is 5.88. The summed E-state index contributed by atoms with van der Waals surface area (Å²) in [4.78, 5) is 0. The lowest BCUT2D eigenvalue weighted by Gasteiger charge is -2.09. The minimum atomic E-state index is -2.37. The minimum Gasteiger partial charge on any atom is -0.326 e. The van der Waals surface area contributed by atoms with Crippen LogP contribution in [0.5, 0.6) is 0 Å². The smallest absolute Gasteiger partial charge is 0.147 e. The third kappa shape index (κ3) is 2.45. The van der Waals surface area contributed by atoms with Crippen molar-refractivity contribution >= 4 is 44.3 Å². The standard InChI is InChI=1S/C7H8Cl2NPS/c8-11(9,12)7-4-2-1-3-6(7)5-10/h1-4H,5,10H2. The molecule has 0 heterocycles. The fourth-order valence-corrected chi connectivity index (χ4v) is 3.22. The molecular formula is C7H8Cl2NPS. The largest absolute Gasteiger partial charge is 0.326 e. The highest BCUT2D eigenvalue weighted by atomic mass is 35.9. The zero-order chi connectivity index (χ0) is 9.19. The predicted octanol–water partition coefficient (Wildman–Crippen LogP) is 2.56. The van der Waals surface area contributed by atoms with Gasteiger partial charge in [-0.3, -0.25) is 0 Å². The molecule has 0 aliphatic carbocycles. The fraction of sp³-hybridized carbons (Fsp3) is 0.143. The molecule has 1 aromatic rings. The average Bonchev–Trinajstić information content (AvgIpc) is 2.03. The van der Waals surface area contributed by atoms with Gasteiger partial charge in [0.25, 0.3) is 0 Å². The van der Waals surface area contributed by atoms with Gasteiger partial charge in [0, 0.05) is 11.8 Å². The molecule has 0 aromatic heterocycles. The molecule has 66 valence electrons. The first kappa shape index (κ1) is 10.5. The lowest BCUT2D eigenvalue weighted by molar-refractivity contribution is 1.08. The van der Waals surface area contributed by atoms with E-state index < -0.39 is 4.74 Å². The Bertz CT molecular complexity index is 323. The Balaban J connectivity index is 3.23. The first-order valence-electron chi connectivity index (χ1n) is 3.33. The van der Waals surface area contributed by atoms with Gasteiger partial charge in [0.15, 0.2) is 0 Å². The number of benzene rings is 1. The molecule has 0 spiro atoms. The molecule has 1 nitrogen and oxygen atoms in total. The zero-order valence-corrected chi connectivity index (χ0v) is 9.43. The molecule has 0 saturated heterocycles. The normalized spacial score (nSPS) is 11.6. The summed E-state index contributed by atoms with van der Waals surface area (Å²) in [6, 6.07) is 7.48. The summed E-state index contributed by atoms with van der Waals surface area (Å²) in [6.07, 6.45) is 0. The Morgan fingerprint density at radius 3 is 2.33 bits per heavy atom. The van der Waals surface area contributed by atoms with Gasteiger partial charge in [-0.15, -0.1) is 0 Å². The number of hydrogen-bond acceptors (Lipinski definition) is 2. The third-order valence-corrected chi connectivity index (χ3v) is 4.17. The van der Waals surface area contributed by atoms with Crippen LogP contribution >= 0.6 is 27.2 Å². The van der Waals surface area contributed by atoms with Crippen LogP contribution in [-0.2, 0) is 18.4 Å². The van der Waals surface area contributed by atoms with Crippen LogP contribution in [0.3, 0.4) is 0 Å². The summed E-state index contributed by atoms with van der Waals surface area (Å²) in [5.74, 6) is 0. The first-order chi connectivity index (χ1) is 5.55. The summed E-state index contributed by atoms with van der Waals surface area (Å²) >= 11 is 16.7. The highest BCUT2D eigenvalue weighted by molar-refractivity contribution is 8.42. The van der Waals surface area contributed by atoms with Crippen LogP contribution in [0.1, 0.15) is 5.56 Å². The van der Waals surface area contributed by atoms with Gasteiger partial charge in [-0.2, -0.15) is 0 Å². The van der Waals surface area contributed by atoms with Crippen LogP contribution in [0.2, 0.25) is 0 Å². The van der Waals surface area contributed by atoms with Gasteiger partial charge in [0.2, 0.25) is 0 Å². The monoisotopic (exact) mass is 239 g/mol. The van der Waals surface area contributed by atoms with Crippen molar-refractivity contribution in [2.24, 2.45) is 5.73 Å². The molecule has 0 amide bonds. The maximum Gasteiger partial charge on any atom is 0.147 e. The summed E-state index contributed by atoms with van der Waals surface area (Å²) in [7, 11) is 0. The Morgan fingerprint density at radius 1 is 1.33 bits per heavy atom. The molecule has 1 rings (SSSR count). The van der Waals surface area contributed by atoms with Crippen LogP contribution in [-0.4, -0.2) is 0 Å². The van der Waals surface area contributed by atoms with Crippen LogP contribution in [0.4, 0.5) is 0 Å². The van der Waals surface area contributed by atoms with E-state index in [1.165, 1.54) is 0 Å². The summed E-state index contributed by atoms with van der Waals surface area (Å²) in [5, 5.41) is 0.811. The van der Waals surface area contributed by atoms with Crippen molar-refractivity contribution in [1.82, 2.24) is 0 Å². The molecule has 0 aliphatic heterocycles. The van der Waals surface area contributed by atoms with Gasteiger partial charge in [0.05, 0.1) is 0 Å². The van der Waals surface area contributed by atoms with Gasteiger partial charge in [0.1, 0.15) is 4.74 Å². The summed E-state index contributed by atoms with van der Waals surface area (Å²) < 4.78 is -2.37. The molecule has 0 bridgehead atoms. The van der Waals surface area contributed by atoms with E-state index in [1.807, 2.05) is 24.3 Å². The second-order valence-corrected chi connectivity index (χ2v) is 10.1. The van der Waals surface area contributed by atoms with E-state index >= 15 is 0 Å². The number of rotatable bonds is 2. The SMILES string of the molecule is NCc1ccccc1P(=S)(Cl)Cl. The van der Waals surface area contributed by atoms with E-state index in [-0.39, 0.29) is 0 Å². The summed E-state index contributed by atoms with van der Waals surface area (Å²) in [5.41, 5.74) is 6.44. The lowest BCUT2D eigenvalue weighted by Crippen LogP contribution is -2.10. The topological polar surface area (TPSA) is 26.0 Å². The van der Waals surface area contributed by atoms with Gasteiger partial charge in [-0.1, -0.05) is 58.6 Å². The van der Waals surface area contributed by atoms with Gasteiger partial charge in [-0.25, -0.2) is 0 Å². The van der Waals surface area contributed by atoms with Crippen molar-refractivity contribution in [2.45, 2.75) is 6.54 Å².